The van der Waals surface area contributed by atoms with Gasteiger partial charge in [-0.15, -0.1) is 0 Å². The number of rotatable bonds is 7. The van der Waals surface area contributed by atoms with Gasteiger partial charge in [0.25, 0.3) is 10.2 Å². The van der Waals surface area contributed by atoms with E-state index in [1.54, 1.807) is 6.92 Å². The maximum Gasteiger partial charge on any atom is 0.308 e. The number of hydrogen-bond donors (Lipinski definition) is 1. The van der Waals surface area contributed by atoms with Gasteiger partial charge in [-0.1, -0.05) is 0 Å². The van der Waals surface area contributed by atoms with Crippen molar-refractivity contribution in [3.05, 3.63) is 0 Å². The van der Waals surface area contributed by atoms with Crippen LogP contribution >= 0.6 is 0 Å². The van der Waals surface area contributed by atoms with Crippen LogP contribution in [-0.4, -0.2) is 58.0 Å². The summed E-state index contributed by atoms with van der Waals surface area (Å²) in [5, 5.41) is 0. The first-order chi connectivity index (χ1) is 9.90. The second-order valence-corrected chi connectivity index (χ2v) is 6.41. The van der Waals surface area contributed by atoms with Gasteiger partial charge < -0.3 is 9.47 Å². The Hall–Kier alpha value is -1.19. The molecule has 9 heteroatoms. The van der Waals surface area contributed by atoms with Gasteiger partial charge in [0.1, 0.15) is 0 Å². The lowest BCUT2D eigenvalue weighted by atomic mass is 9.99. The lowest BCUT2D eigenvalue weighted by molar-refractivity contribution is -0.146. The van der Waals surface area contributed by atoms with Gasteiger partial charge >= 0.3 is 11.9 Å². The molecule has 21 heavy (non-hydrogen) atoms. The van der Waals surface area contributed by atoms with Crippen LogP contribution in [0.25, 0.3) is 0 Å². The summed E-state index contributed by atoms with van der Waals surface area (Å²) in [7, 11) is -2.30. The molecule has 1 N–H and O–H groups in total. The zero-order chi connectivity index (χ0) is 15.9. The van der Waals surface area contributed by atoms with Crippen molar-refractivity contribution in [2.24, 2.45) is 5.92 Å². The minimum Gasteiger partial charge on any atom is -0.469 e. The Balaban J connectivity index is 2.39. The summed E-state index contributed by atoms with van der Waals surface area (Å²) < 4.78 is 37.0. The maximum atomic E-state index is 12.0. The van der Waals surface area contributed by atoms with E-state index in [9.17, 15) is 18.0 Å². The summed E-state index contributed by atoms with van der Waals surface area (Å²) in [4.78, 5) is 22.5. The predicted octanol–water partition coefficient (Wildman–Crippen LogP) is -0.341. The molecule has 0 saturated carbocycles. The smallest absolute Gasteiger partial charge is 0.308 e. The Morgan fingerprint density at radius 2 is 1.90 bits per heavy atom. The first-order valence-electron chi connectivity index (χ1n) is 6.89. The Bertz CT molecular complexity index is 456. The third kappa shape index (κ3) is 5.60. The van der Waals surface area contributed by atoms with E-state index in [-0.39, 0.29) is 44.5 Å². The van der Waals surface area contributed by atoms with Crippen molar-refractivity contribution in [3.8, 4) is 0 Å². The lowest BCUT2D eigenvalue weighted by Crippen LogP contribution is -2.46. The third-order valence-corrected chi connectivity index (χ3v) is 4.86. The molecule has 0 bridgehead atoms. The van der Waals surface area contributed by atoms with Crippen molar-refractivity contribution in [1.82, 2.24) is 9.03 Å². The Morgan fingerprint density at radius 3 is 2.43 bits per heavy atom. The monoisotopic (exact) mass is 322 g/mol. The van der Waals surface area contributed by atoms with Gasteiger partial charge in [0.15, 0.2) is 0 Å². The number of methoxy groups -OCH3 is 1. The van der Waals surface area contributed by atoms with E-state index in [0.29, 0.717) is 12.8 Å². The van der Waals surface area contributed by atoms with E-state index in [2.05, 4.69) is 9.46 Å². The van der Waals surface area contributed by atoms with Crippen LogP contribution in [0, 0.1) is 5.92 Å². The highest BCUT2D eigenvalue weighted by Crippen LogP contribution is 2.20. The van der Waals surface area contributed by atoms with Crippen LogP contribution in [0.3, 0.4) is 0 Å². The van der Waals surface area contributed by atoms with Gasteiger partial charge in [-0.25, -0.2) is 4.72 Å². The molecular weight excluding hydrogens is 300 g/mol. The van der Waals surface area contributed by atoms with Gasteiger partial charge in [0, 0.05) is 19.6 Å². The Labute approximate surface area is 125 Å². The van der Waals surface area contributed by atoms with Crippen LogP contribution in [-0.2, 0) is 29.3 Å². The molecule has 1 rings (SSSR count). The minimum atomic E-state index is -3.63. The zero-order valence-electron chi connectivity index (χ0n) is 12.3. The van der Waals surface area contributed by atoms with Crippen molar-refractivity contribution in [1.29, 1.82) is 0 Å². The van der Waals surface area contributed by atoms with Crippen LogP contribution in [0.5, 0.6) is 0 Å². The first-order valence-corrected chi connectivity index (χ1v) is 8.33. The molecule has 1 aliphatic heterocycles. The summed E-state index contributed by atoms with van der Waals surface area (Å²) in [6, 6.07) is 0. The van der Waals surface area contributed by atoms with E-state index in [1.807, 2.05) is 0 Å². The maximum absolute atomic E-state index is 12.0. The Morgan fingerprint density at radius 1 is 1.29 bits per heavy atom. The molecule has 122 valence electrons. The lowest BCUT2D eigenvalue weighted by Gasteiger charge is -2.29. The van der Waals surface area contributed by atoms with E-state index >= 15 is 0 Å². The summed E-state index contributed by atoms with van der Waals surface area (Å²) in [6.07, 6.45) is 0.864. The number of esters is 2. The summed E-state index contributed by atoms with van der Waals surface area (Å²) in [5.41, 5.74) is 0. The third-order valence-electron chi connectivity index (χ3n) is 3.25. The topological polar surface area (TPSA) is 102 Å². The van der Waals surface area contributed by atoms with Crippen molar-refractivity contribution < 1.29 is 27.5 Å². The SMILES string of the molecule is CCOC(=O)CCNS(=O)(=O)N1CCC(C(=O)OC)CC1. The highest BCUT2D eigenvalue weighted by molar-refractivity contribution is 7.87. The summed E-state index contributed by atoms with van der Waals surface area (Å²) in [5.74, 6) is -0.993. The molecule has 1 aliphatic rings. The molecule has 0 aromatic rings. The summed E-state index contributed by atoms with van der Waals surface area (Å²) >= 11 is 0. The molecule has 0 aliphatic carbocycles. The van der Waals surface area contributed by atoms with Crippen molar-refractivity contribution in [2.75, 3.05) is 33.4 Å². The van der Waals surface area contributed by atoms with Gasteiger partial charge in [-0.3, -0.25) is 9.59 Å². The van der Waals surface area contributed by atoms with Gasteiger partial charge in [0.05, 0.1) is 26.1 Å². The van der Waals surface area contributed by atoms with E-state index < -0.39 is 16.2 Å². The van der Waals surface area contributed by atoms with E-state index in [0.717, 1.165) is 0 Å². The second-order valence-electron chi connectivity index (χ2n) is 4.65. The molecule has 0 aromatic carbocycles. The standard InChI is InChI=1S/C12H22N2O6S/c1-3-20-11(15)4-7-13-21(17,18)14-8-5-10(6-9-14)12(16)19-2/h10,13H,3-9H2,1-2H3. The normalized spacial score (nSPS) is 17.4. The van der Waals surface area contributed by atoms with E-state index in [1.165, 1.54) is 11.4 Å². The number of ether oxygens (including phenoxy) is 2. The van der Waals surface area contributed by atoms with Gasteiger partial charge in [-0.05, 0) is 19.8 Å². The number of carbonyl (C=O) groups is 2. The van der Waals surface area contributed by atoms with Crippen molar-refractivity contribution >= 4 is 22.1 Å². The fraction of sp³-hybridized carbons (Fsp3) is 0.833. The van der Waals surface area contributed by atoms with Gasteiger partial charge in [-0.2, -0.15) is 12.7 Å². The summed E-state index contributed by atoms with van der Waals surface area (Å²) in [6.45, 7) is 2.47. The number of carbonyl (C=O) groups excluding carboxylic acids is 2. The van der Waals surface area contributed by atoms with Crippen LogP contribution in [0.1, 0.15) is 26.2 Å². The molecule has 1 fully saturated rings. The Kier molecular flexibility index (Phi) is 7.06. The predicted molar refractivity (Wildman–Crippen MR) is 74.5 cm³/mol. The number of piperidine rings is 1. The first kappa shape index (κ1) is 17.9. The largest absolute Gasteiger partial charge is 0.469 e. The second kappa shape index (κ2) is 8.30. The zero-order valence-corrected chi connectivity index (χ0v) is 13.1. The highest BCUT2D eigenvalue weighted by atomic mass is 32.2. The van der Waals surface area contributed by atoms with Gasteiger partial charge in [0.2, 0.25) is 0 Å². The fourth-order valence-corrected chi connectivity index (χ4v) is 3.34. The molecule has 0 aromatic heterocycles. The highest BCUT2D eigenvalue weighted by Gasteiger charge is 2.31. The molecule has 0 unspecified atom stereocenters. The van der Waals surface area contributed by atoms with Crippen LogP contribution in [0.2, 0.25) is 0 Å². The van der Waals surface area contributed by atoms with Crippen molar-refractivity contribution in [2.45, 2.75) is 26.2 Å². The van der Waals surface area contributed by atoms with Crippen molar-refractivity contribution in [3.63, 3.8) is 0 Å². The molecule has 1 heterocycles. The van der Waals surface area contributed by atoms with Crippen LogP contribution < -0.4 is 4.72 Å². The molecule has 0 radical (unpaired) electrons. The molecule has 0 spiro atoms. The minimum absolute atomic E-state index is 0.00189. The van der Waals surface area contributed by atoms with E-state index in [4.69, 9.17) is 4.74 Å². The number of hydrogen-bond acceptors (Lipinski definition) is 6. The number of nitrogens with zero attached hydrogens (tertiary/aromatic N) is 1. The van der Waals surface area contributed by atoms with Crippen LogP contribution in [0.4, 0.5) is 0 Å². The fourth-order valence-electron chi connectivity index (χ4n) is 2.11. The molecule has 1 saturated heterocycles. The molecule has 0 atom stereocenters. The number of nitrogens with one attached hydrogen (secondary N) is 1. The quantitative estimate of drug-likeness (QED) is 0.643. The molecule has 0 amide bonds. The molecule has 8 nitrogen and oxygen atoms in total. The van der Waals surface area contributed by atoms with Crippen LogP contribution in [0.15, 0.2) is 0 Å². The molecular formula is C12H22N2O6S. The average molecular weight is 322 g/mol. The average Bonchev–Trinajstić information content (AvgIpc) is 2.46.